The first-order chi connectivity index (χ1) is 9.81. The van der Waals surface area contributed by atoms with Crippen LogP contribution in [-0.4, -0.2) is 58.7 Å². The van der Waals surface area contributed by atoms with E-state index < -0.39 is 36.8 Å². The van der Waals surface area contributed by atoms with Crippen molar-refractivity contribution in [3.63, 3.8) is 0 Å². The van der Waals surface area contributed by atoms with Crippen LogP contribution in [0.1, 0.15) is 26.3 Å². The fourth-order valence-electron chi connectivity index (χ4n) is 2.10. The van der Waals surface area contributed by atoms with Gasteiger partial charge in [-0.1, -0.05) is 11.6 Å². The van der Waals surface area contributed by atoms with E-state index in [9.17, 15) is 19.2 Å². The van der Waals surface area contributed by atoms with Crippen molar-refractivity contribution in [2.45, 2.75) is 6.92 Å². The molecule has 1 aromatic carbocycles. The molecule has 0 fully saturated rings. The highest BCUT2D eigenvalue weighted by Gasteiger charge is 2.37. The van der Waals surface area contributed by atoms with Crippen LogP contribution >= 0.6 is 0 Å². The van der Waals surface area contributed by atoms with Crippen LogP contribution < -0.4 is 0 Å². The van der Waals surface area contributed by atoms with E-state index in [2.05, 4.69) is 0 Å². The zero-order valence-electron chi connectivity index (χ0n) is 11.6. The third kappa shape index (κ3) is 2.76. The van der Waals surface area contributed by atoms with Crippen LogP contribution in [0.2, 0.25) is 0 Å². The molecule has 1 aromatic rings. The Balaban J connectivity index is 2.17. The zero-order chi connectivity index (χ0) is 15.7. The number of carboxylic acids is 1. The second-order valence-corrected chi connectivity index (χ2v) is 4.89. The number of fused-ring (bicyclic) bond motifs is 1. The summed E-state index contributed by atoms with van der Waals surface area (Å²) >= 11 is 0. The Morgan fingerprint density at radius 1 is 1.19 bits per heavy atom. The molecule has 0 saturated carbocycles. The number of rotatable bonds is 4. The third-order valence-corrected chi connectivity index (χ3v) is 3.22. The van der Waals surface area contributed by atoms with E-state index in [0.29, 0.717) is 0 Å². The monoisotopic (exact) mass is 290 g/mol. The molecule has 0 radical (unpaired) electrons. The molecule has 0 aliphatic carbocycles. The van der Waals surface area contributed by atoms with Gasteiger partial charge in [-0.3, -0.25) is 24.1 Å². The Bertz CT molecular complexity index is 653. The lowest BCUT2D eigenvalue weighted by atomic mass is 10.1. The summed E-state index contributed by atoms with van der Waals surface area (Å²) in [6.45, 7) is 0.850. The second kappa shape index (κ2) is 5.35. The van der Waals surface area contributed by atoms with Crippen molar-refractivity contribution in [2.75, 3.05) is 20.1 Å². The van der Waals surface area contributed by atoms with E-state index >= 15 is 0 Å². The quantitative estimate of drug-likeness (QED) is 0.795. The first-order valence-corrected chi connectivity index (χ1v) is 6.24. The topological polar surface area (TPSA) is 95.0 Å². The summed E-state index contributed by atoms with van der Waals surface area (Å²) in [6, 6.07) is 4.86. The van der Waals surface area contributed by atoms with Crippen LogP contribution in [0, 0.1) is 6.92 Å². The van der Waals surface area contributed by atoms with Crippen molar-refractivity contribution < 1.29 is 24.3 Å². The molecule has 1 heterocycles. The molecule has 0 unspecified atom stereocenters. The summed E-state index contributed by atoms with van der Waals surface area (Å²) < 4.78 is 0. The van der Waals surface area contributed by atoms with Crippen molar-refractivity contribution in [3.05, 3.63) is 34.9 Å². The normalized spacial score (nSPS) is 13.3. The summed E-state index contributed by atoms with van der Waals surface area (Å²) in [5.74, 6) is -2.84. The lowest BCUT2D eigenvalue weighted by Gasteiger charge is -2.18. The van der Waals surface area contributed by atoms with E-state index in [1.54, 1.807) is 25.1 Å². The summed E-state index contributed by atoms with van der Waals surface area (Å²) in [4.78, 5) is 48.5. The molecule has 0 atom stereocenters. The number of carboxylic acid groups (broad SMARTS) is 1. The molecular formula is C14H14N2O5. The number of imide groups is 1. The van der Waals surface area contributed by atoms with Crippen LogP contribution in [0.15, 0.2) is 18.2 Å². The molecule has 1 N–H and O–H groups in total. The van der Waals surface area contributed by atoms with Crippen LogP contribution in [-0.2, 0) is 9.59 Å². The van der Waals surface area contributed by atoms with Crippen molar-refractivity contribution in [2.24, 2.45) is 0 Å². The van der Waals surface area contributed by atoms with E-state index in [1.807, 2.05) is 0 Å². The molecule has 0 aromatic heterocycles. The van der Waals surface area contributed by atoms with Crippen molar-refractivity contribution >= 4 is 23.7 Å². The molecule has 0 saturated heterocycles. The molecular weight excluding hydrogens is 276 g/mol. The van der Waals surface area contributed by atoms with Gasteiger partial charge in [0.25, 0.3) is 11.8 Å². The Morgan fingerprint density at radius 2 is 1.81 bits per heavy atom. The smallest absolute Gasteiger partial charge is 0.323 e. The van der Waals surface area contributed by atoms with Gasteiger partial charge >= 0.3 is 5.97 Å². The summed E-state index contributed by atoms with van der Waals surface area (Å²) in [5.41, 5.74) is 1.37. The van der Waals surface area contributed by atoms with Gasteiger partial charge in [-0.2, -0.15) is 0 Å². The van der Waals surface area contributed by atoms with Crippen molar-refractivity contribution in [1.82, 2.24) is 9.80 Å². The van der Waals surface area contributed by atoms with Gasteiger partial charge in [-0.15, -0.1) is 0 Å². The average Bonchev–Trinajstić information content (AvgIpc) is 2.62. The first-order valence-electron chi connectivity index (χ1n) is 6.24. The average molecular weight is 290 g/mol. The van der Waals surface area contributed by atoms with Gasteiger partial charge in [-0.25, -0.2) is 0 Å². The number of hydrogen-bond acceptors (Lipinski definition) is 4. The van der Waals surface area contributed by atoms with Gasteiger partial charge in [0.15, 0.2) is 0 Å². The minimum atomic E-state index is -1.16. The van der Waals surface area contributed by atoms with E-state index in [4.69, 9.17) is 5.11 Å². The number of nitrogens with zero attached hydrogens (tertiary/aromatic N) is 2. The van der Waals surface area contributed by atoms with Crippen LogP contribution in [0.4, 0.5) is 0 Å². The summed E-state index contributed by atoms with van der Waals surface area (Å²) in [5, 5.41) is 8.63. The number of amides is 3. The second-order valence-electron chi connectivity index (χ2n) is 4.89. The van der Waals surface area contributed by atoms with E-state index in [1.165, 1.54) is 7.05 Å². The molecule has 0 spiro atoms. The minimum absolute atomic E-state index is 0.263. The maximum absolute atomic E-state index is 12.2. The zero-order valence-corrected chi connectivity index (χ0v) is 11.6. The standard InChI is InChI=1S/C14H14N2O5/c1-8-3-4-9-10(5-8)14(21)16(13(9)20)6-11(17)15(2)7-12(18)19/h3-5H,6-7H2,1-2H3,(H,18,19). The largest absolute Gasteiger partial charge is 0.480 e. The molecule has 7 heteroatoms. The van der Waals surface area contributed by atoms with Gasteiger partial charge in [0, 0.05) is 7.05 Å². The van der Waals surface area contributed by atoms with Gasteiger partial charge in [-0.05, 0) is 19.1 Å². The van der Waals surface area contributed by atoms with Crippen molar-refractivity contribution in [3.8, 4) is 0 Å². The highest BCUT2D eigenvalue weighted by molar-refractivity contribution is 6.22. The number of carbonyl (C=O) groups excluding carboxylic acids is 3. The lowest BCUT2D eigenvalue weighted by molar-refractivity contribution is -0.143. The molecule has 1 aliphatic heterocycles. The minimum Gasteiger partial charge on any atom is -0.480 e. The number of benzene rings is 1. The Hall–Kier alpha value is -2.70. The van der Waals surface area contributed by atoms with Crippen LogP contribution in [0.5, 0.6) is 0 Å². The summed E-state index contributed by atoms with van der Waals surface area (Å²) in [6.07, 6.45) is 0. The highest BCUT2D eigenvalue weighted by Crippen LogP contribution is 2.23. The molecule has 21 heavy (non-hydrogen) atoms. The Morgan fingerprint density at radius 3 is 2.43 bits per heavy atom. The number of aryl methyl sites for hydroxylation is 1. The lowest BCUT2D eigenvalue weighted by Crippen LogP contribution is -2.42. The molecule has 2 rings (SSSR count). The predicted octanol–water partition coefficient (Wildman–Crippen LogP) is 0.134. The maximum atomic E-state index is 12.2. The van der Waals surface area contributed by atoms with Gasteiger partial charge in [0.1, 0.15) is 13.1 Å². The fraction of sp³-hybridized carbons (Fsp3) is 0.286. The molecule has 0 bridgehead atoms. The van der Waals surface area contributed by atoms with Crippen LogP contribution in [0.3, 0.4) is 0 Å². The third-order valence-electron chi connectivity index (χ3n) is 3.22. The Kier molecular flexibility index (Phi) is 3.75. The van der Waals surface area contributed by atoms with Crippen LogP contribution in [0.25, 0.3) is 0 Å². The van der Waals surface area contributed by atoms with Crippen molar-refractivity contribution in [1.29, 1.82) is 0 Å². The van der Waals surface area contributed by atoms with Gasteiger partial charge in [0.2, 0.25) is 5.91 Å². The van der Waals surface area contributed by atoms with E-state index in [0.717, 1.165) is 15.4 Å². The fourth-order valence-corrected chi connectivity index (χ4v) is 2.10. The molecule has 7 nitrogen and oxygen atoms in total. The maximum Gasteiger partial charge on any atom is 0.323 e. The number of hydrogen-bond donors (Lipinski definition) is 1. The Labute approximate surface area is 120 Å². The SMILES string of the molecule is Cc1ccc2c(c1)C(=O)N(CC(=O)N(C)CC(=O)O)C2=O. The number of aliphatic carboxylic acids is 1. The van der Waals surface area contributed by atoms with Gasteiger partial charge in [0.05, 0.1) is 11.1 Å². The molecule has 1 aliphatic rings. The first kappa shape index (κ1) is 14.7. The molecule has 3 amide bonds. The highest BCUT2D eigenvalue weighted by atomic mass is 16.4. The predicted molar refractivity (Wildman–Crippen MR) is 71.8 cm³/mol. The van der Waals surface area contributed by atoms with Gasteiger partial charge < -0.3 is 10.0 Å². The molecule has 110 valence electrons. The summed E-state index contributed by atoms with van der Waals surface area (Å²) in [7, 11) is 1.30. The number of likely N-dealkylation sites (N-methyl/N-ethyl adjacent to an activating group) is 1. The number of carbonyl (C=O) groups is 4. The van der Waals surface area contributed by atoms with E-state index in [-0.39, 0.29) is 11.1 Å².